The third-order valence-electron chi connectivity index (χ3n) is 4.16. The minimum absolute atomic E-state index is 0.0168. The van der Waals surface area contributed by atoms with Crippen LogP contribution in [0.5, 0.6) is 0 Å². The highest BCUT2D eigenvalue weighted by Gasteiger charge is 2.05. The fourth-order valence-corrected chi connectivity index (χ4v) is 2.89. The van der Waals surface area contributed by atoms with E-state index in [1.807, 2.05) is 18.2 Å². The molecular formula is C20H20ClN3O2. The van der Waals surface area contributed by atoms with Gasteiger partial charge < -0.3 is 5.32 Å². The number of nitrogens with one attached hydrogen (secondary N) is 1. The molecule has 0 fully saturated rings. The Labute approximate surface area is 156 Å². The van der Waals surface area contributed by atoms with Crippen LogP contribution in [0.15, 0.2) is 59.7 Å². The Morgan fingerprint density at radius 2 is 1.81 bits per heavy atom. The van der Waals surface area contributed by atoms with Crippen LogP contribution in [0.25, 0.3) is 10.9 Å². The number of unbranched alkanes of at least 4 members (excludes halogenated alkanes) is 2. The van der Waals surface area contributed by atoms with Gasteiger partial charge in [0.2, 0.25) is 5.91 Å². The molecule has 6 heteroatoms. The van der Waals surface area contributed by atoms with Crippen LogP contribution >= 0.6 is 11.6 Å². The van der Waals surface area contributed by atoms with Crippen molar-refractivity contribution in [2.24, 2.45) is 0 Å². The number of para-hydroxylation sites is 1. The molecule has 0 aliphatic carbocycles. The van der Waals surface area contributed by atoms with E-state index >= 15 is 0 Å². The highest BCUT2D eigenvalue weighted by molar-refractivity contribution is 6.30. The van der Waals surface area contributed by atoms with Gasteiger partial charge in [0, 0.05) is 23.7 Å². The number of carbonyl (C=O) groups is 1. The Hall–Kier alpha value is -2.66. The third kappa shape index (κ3) is 4.70. The molecule has 0 spiro atoms. The zero-order chi connectivity index (χ0) is 18.4. The zero-order valence-corrected chi connectivity index (χ0v) is 15.1. The topological polar surface area (TPSA) is 64.0 Å². The molecule has 26 heavy (non-hydrogen) atoms. The van der Waals surface area contributed by atoms with Crippen molar-refractivity contribution >= 4 is 34.1 Å². The highest BCUT2D eigenvalue weighted by atomic mass is 35.5. The van der Waals surface area contributed by atoms with E-state index in [0.717, 1.165) is 24.9 Å². The Morgan fingerprint density at radius 3 is 2.62 bits per heavy atom. The first kappa shape index (κ1) is 18.1. The molecule has 1 N–H and O–H groups in total. The molecular weight excluding hydrogens is 350 g/mol. The number of nitrogens with zero attached hydrogens (tertiary/aromatic N) is 2. The fourth-order valence-electron chi connectivity index (χ4n) is 2.77. The van der Waals surface area contributed by atoms with E-state index < -0.39 is 0 Å². The first-order chi connectivity index (χ1) is 12.6. The molecule has 0 bridgehead atoms. The van der Waals surface area contributed by atoms with Crippen molar-refractivity contribution in [2.45, 2.75) is 32.2 Å². The largest absolute Gasteiger partial charge is 0.326 e. The van der Waals surface area contributed by atoms with Gasteiger partial charge in [0.15, 0.2) is 0 Å². The molecule has 1 amide bonds. The van der Waals surface area contributed by atoms with Crippen LogP contribution in [0.4, 0.5) is 5.69 Å². The van der Waals surface area contributed by atoms with Crippen molar-refractivity contribution < 1.29 is 4.79 Å². The number of rotatable bonds is 7. The van der Waals surface area contributed by atoms with Gasteiger partial charge in [0.1, 0.15) is 0 Å². The lowest BCUT2D eigenvalue weighted by molar-refractivity contribution is -0.116. The number of amides is 1. The SMILES string of the molecule is O=C(CCCCCn1cnc2ccccc2c1=O)Nc1ccc(Cl)cc1. The molecule has 5 nitrogen and oxygen atoms in total. The normalized spacial score (nSPS) is 10.8. The summed E-state index contributed by atoms with van der Waals surface area (Å²) in [6.45, 7) is 0.607. The number of hydrogen-bond acceptors (Lipinski definition) is 3. The Bertz CT molecular complexity index is 951. The second-order valence-corrected chi connectivity index (χ2v) is 6.56. The van der Waals surface area contributed by atoms with Crippen molar-refractivity contribution in [2.75, 3.05) is 5.32 Å². The summed E-state index contributed by atoms with van der Waals surface area (Å²) in [6.07, 6.45) is 4.52. The number of aryl methyl sites for hydroxylation is 1. The number of hydrogen-bond donors (Lipinski definition) is 1. The van der Waals surface area contributed by atoms with Gasteiger partial charge in [-0.2, -0.15) is 0 Å². The van der Waals surface area contributed by atoms with Crippen molar-refractivity contribution in [1.29, 1.82) is 0 Å². The summed E-state index contributed by atoms with van der Waals surface area (Å²) >= 11 is 5.82. The van der Waals surface area contributed by atoms with Gasteiger partial charge in [-0.3, -0.25) is 14.2 Å². The van der Waals surface area contributed by atoms with Gasteiger partial charge in [-0.05, 0) is 49.2 Å². The third-order valence-corrected chi connectivity index (χ3v) is 4.41. The second-order valence-electron chi connectivity index (χ2n) is 6.13. The summed E-state index contributed by atoms with van der Waals surface area (Å²) in [6, 6.07) is 14.4. The average molecular weight is 370 g/mol. The maximum Gasteiger partial charge on any atom is 0.261 e. The smallest absolute Gasteiger partial charge is 0.261 e. The molecule has 1 heterocycles. The predicted molar refractivity (Wildman–Crippen MR) is 105 cm³/mol. The van der Waals surface area contributed by atoms with E-state index in [9.17, 15) is 9.59 Å². The molecule has 0 aliphatic heterocycles. The van der Waals surface area contributed by atoms with Gasteiger partial charge in [0.05, 0.1) is 17.2 Å². The number of fused-ring (bicyclic) bond motifs is 1. The summed E-state index contributed by atoms with van der Waals surface area (Å²) in [5.41, 5.74) is 1.44. The van der Waals surface area contributed by atoms with Crippen molar-refractivity contribution in [3.8, 4) is 0 Å². The van der Waals surface area contributed by atoms with E-state index in [-0.39, 0.29) is 11.5 Å². The minimum atomic E-state index is -0.0175. The van der Waals surface area contributed by atoms with Crippen molar-refractivity contribution in [1.82, 2.24) is 9.55 Å². The van der Waals surface area contributed by atoms with Crippen LogP contribution in [-0.2, 0) is 11.3 Å². The minimum Gasteiger partial charge on any atom is -0.326 e. The predicted octanol–water partition coefficient (Wildman–Crippen LogP) is 4.25. The molecule has 1 aromatic heterocycles. The van der Waals surface area contributed by atoms with E-state index in [0.29, 0.717) is 28.9 Å². The van der Waals surface area contributed by atoms with E-state index in [1.54, 1.807) is 41.2 Å². The standard InChI is InChI=1S/C20H20ClN3O2/c21-15-9-11-16(12-10-15)23-19(25)8-2-1-5-13-24-14-22-18-7-4-3-6-17(18)20(24)26/h3-4,6-7,9-12,14H,1-2,5,8,13H2,(H,23,25). The zero-order valence-electron chi connectivity index (χ0n) is 14.3. The lowest BCUT2D eigenvalue weighted by Crippen LogP contribution is -2.20. The summed E-state index contributed by atoms with van der Waals surface area (Å²) < 4.78 is 1.64. The number of carbonyl (C=O) groups excluding carboxylic acids is 1. The summed E-state index contributed by atoms with van der Waals surface area (Å²) in [7, 11) is 0. The Balaban J connectivity index is 1.43. The molecule has 0 unspecified atom stereocenters. The molecule has 134 valence electrons. The van der Waals surface area contributed by atoms with Gasteiger partial charge >= 0.3 is 0 Å². The van der Waals surface area contributed by atoms with Crippen LogP contribution in [0.2, 0.25) is 5.02 Å². The van der Waals surface area contributed by atoms with Gasteiger partial charge in [0.25, 0.3) is 5.56 Å². The van der Waals surface area contributed by atoms with E-state index in [1.165, 1.54) is 0 Å². The van der Waals surface area contributed by atoms with Gasteiger partial charge in [-0.15, -0.1) is 0 Å². The summed E-state index contributed by atoms with van der Waals surface area (Å²) in [5, 5.41) is 4.12. The molecule has 3 aromatic rings. The highest BCUT2D eigenvalue weighted by Crippen LogP contribution is 2.14. The first-order valence-corrected chi connectivity index (χ1v) is 9.01. The van der Waals surface area contributed by atoms with Gasteiger partial charge in [-0.1, -0.05) is 30.2 Å². The molecule has 0 saturated heterocycles. The van der Waals surface area contributed by atoms with Crippen LogP contribution in [0.3, 0.4) is 0 Å². The van der Waals surface area contributed by atoms with Gasteiger partial charge in [-0.25, -0.2) is 4.98 Å². The van der Waals surface area contributed by atoms with E-state index in [2.05, 4.69) is 10.3 Å². The monoisotopic (exact) mass is 369 g/mol. The van der Waals surface area contributed by atoms with Crippen LogP contribution in [0.1, 0.15) is 25.7 Å². The molecule has 0 radical (unpaired) electrons. The maximum absolute atomic E-state index is 12.4. The fraction of sp³-hybridized carbons (Fsp3) is 0.250. The second kappa shape index (κ2) is 8.63. The Kier molecular flexibility index (Phi) is 6.02. The molecule has 0 atom stereocenters. The average Bonchev–Trinajstić information content (AvgIpc) is 2.65. The van der Waals surface area contributed by atoms with Crippen LogP contribution in [0, 0.1) is 0 Å². The number of halogens is 1. The maximum atomic E-state index is 12.4. The number of anilines is 1. The lowest BCUT2D eigenvalue weighted by atomic mass is 10.2. The molecule has 0 saturated carbocycles. The quantitative estimate of drug-likeness (QED) is 0.633. The number of aromatic nitrogens is 2. The Morgan fingerprint density at radius 1 is 1.04 bits per heavy atom. The molecule has 3 rings (SSSR count). The van der Waals surface area contributed by atoms with E-state index in [4.69, 9.17) is 11.6 Å². The van der Waals surface area contributed by atoms with Crippen LogP contribution in [-0.4, -0.2) is 15.5 Å². The molecule has 2 aromatic carbocycles. The van der Waals surface area contributed by atoms with Crippen molar-refractivity contribution in [3.63, 3.8) is 0 Å². The molecule has 0 aliphatic rings. The first-order valence-electron chi connectivity index (χ1n) is 8.63. The van der Waals surface area contributed by atoms with Crippen molar-refractivity contribution in [3.05, 3.63) is 70.2 Å². The number of benzene rings is 2. The van der Waals surface area contributed by atoms with Crippen LogP contribution < -0.4 is 10.9 Å². The summed E-state index contributed by atoms with van der Waals surface area (Å²) in [4.78, 5) is 28.6. The lowest BCUT2D eigenvalue weighted by Gasteiger charge is -2.07. The summed E-state index contributed by atoms with van der Waals surface area (Å²) in [5.74, 6) is -0.0168.